The van der Waals surface area contributed by atoms with Gasteiger partial charge in [-0.1, -0.05) is 0 Å². The van der Waals surface area contributed by atoms with Crippen molar-refractivity contribution in [1.29, 1.82) is 0 Å². The molecule has 3 nitrogen and oxygen atoms in total. The van der Waals surface area contributed by atoms with Crippen molar-refractivity contribution in [3.05, 3.63) is 15.5 Å². The normalized spacial score (nSPS) is 35.1. The van der Waals surface area contributed by atoms with Crippen molar-refractivity contribution < 1.29 is 4.79 Å². The number of nitrogens with zero attached hydrogens (tertiary/aromatic N) is 2. The van der Waals surface area contributed by atoms with Crippen LogP contribution >= 0.6 is 22.6 Å². The Labute approximate surface area is 115 Å². The molecular weight excluding hydrogens is 327 g/mol. The smallest absolute Gasteiger partial charge is 0.123 e. The molecule has 2 aliphatic carbocycles. The first-order valence-electron chi connectivity index (χ1n) is 6.32. The Kier molecular flexibility index (Phi) is 2.80. The third-order valence-corrected chi connectivity index (χ3v) is 4.77. The third-order valence-electron chi connectivity index (χ3n) is 4.24. The summed E-state index contributed by atoms with van der Waals surface area (Å²) in [7, 11) is 0. The molecule has 4 atom stereocenters. The van der Waals surface area contributed by atoms with Gasteiger partial charge in [0, 0.05) is 23.6 Å². The summed E-state index contributed by atoms with van der Waals surface area (Å²) in [6.07, 6.45) is 3.34. The first kappa shape index (κ1) is 11.7. The van der Waals surface area contributed by atoms with E-state index in [9.17, 15) is 4.79 Å². The van der Waals surface area contributed by atoms with Crippen LogP contribution in [0.25, 0.3) is 0 Å². The molecule has 92 valence electrons. The molecule has 2 fully saturated rings. The van der Waals surface area contributed by atoms with Crippen molar-refractivity contribution >= 4 is 28.9 Å². The van der Waals surface area contributed by atoms with Gasteiger partial charge in [-0.2, -0.15) is 5.10 Å². The first-order valence-corrected chi connectivity index (χ1v) is 7.40. The molecule has 17 heavy (non-hydrogen) atoms. The Hall–Kier alpha value is -0.390. The van der Waals surface area contributed by atoms with Gasteiger partial charge in [0.05, 0.1) is 0 Å². The fourth-order valence-electron chi connectivity index (χ4n) is 3.47. The minimum Gasteiger partial charge on any atom is -0.303 e. The first-order chi connectivity index (χ1) is 8.11. The number of hydrogen-bond donors (Lipinski definition) is 0. The minimum atomic E-state index is 0.329. The predicted octanol–water partition coefficient (Wildman–Crippen LogP) is 3.01. The lowest BCUT2D eigenvalue weighted by Gasteiger charge is -2.13. The summed E-state index contributed by atoms with van der Waals surface area (Å²) in [6.45, 7) is 4.36. The summed E-state index contributed by atoms with van der Waals surface area (Å²) in [5.41, 5.74) is 1.39. The van der Waals surface area contributed by atoms with E-state index in [-0.39, 0.29) is 0 Å². The summed E-state index contributed by atoms with van der Waals surface area (Å²) < 4.78 is 3.25. The number of halogens is 1. The number of hydrogen-bond acceptors (Lipinski definition) is 2. The topological polar surface area (TPSA) is 34.9 Å². The van der Waals surface area contributed by atoms with Crippen LogP contribution in [-0.2, 0) is 4.79 Å². The molecule has 0 N–H and O–H groups in total. The van der Waals surface area contributed by atoms with Crippen molar-refractivity contribution in [2.75, 3.05) is 0 Å². The van der Waals surface area contributed by atoms with Crippen molar-refractivity contribution in [2.24, 2.45) is 17.8 Å². The Bertz CT molecular complexity index is 442. The number of aromatic nitrogens is 2. The molecule has 0 saturated heterocycles. The highest BCUT2D eigenvalue weighted by Gasteiger charge is 2.57. The second-order valence-corrected chi connectivity index (χ2v) is 6.76. The van der Waals surface area contributed by atoms with Crippen LogP contribution in [0.1, 0.15) is 44.3 Å². The zero-order valence-electron chi connectivity index (χ0n) is 10.1. The number of carbonyl (C=O) groups excluding carboxylic acids is 1. The molecule has 0 amide bonds. The third kappa shape index (κ3) is 1.84. The standard InChI is InChI=1S/C13H17IN2O/c1-7(2)16-11(5-12(14)15-16)13-9-3-8(6-17)4-10(9)13/h5-10,13H,3-4H2,1-2H3/t8?,9-,10+,13-. The van der Waals surface area contributed by atoms with E-state index >= 15 is 0 Å². The monoisotopic (exact) mass is 344 g/mol. The van der Waals surface area contributed by atoms with Gasteiger partial charge in [0.25, 0.3) is 0 Å². The second-order valence-electron chi connectivity index (χ2n) is 5.65. The maximum absolute atomic E-state index is 10.8. The van der Waals surface area contributed by atoms with E-state index in [1.807, 2.05) is 0 Å². The lowest BCUT2D eigenvalue weighted by Crippen LogP contribution is -2.09. The summed E-state index contributed by atoms with van der Waals surface area (Å²) in [5.74, 6) is 2.49. The van der Waals surface area contributed by atoms with Crippen LogP contribution in [0.4, 0.5) is 0 Å². The molecule has 0 radical (unpaired) electrons. The molecule has 1 heterocycles. The van der Waals surface area contributed by atoms with Crippen molar-refractivity contribution in [3.8, 4) is 0 Å². The zero-order chi connectivity index (χ0) is 12.2. The zero-order valence-corrected chi connectivity index (χ0v) is 12.3. The van der Waals surface area contributed by atoms with Gasteiger partial charge in [0.2, 0.25) is 0 Å². The SMILES string of the molecule is CC(C)n1nc(I)cc1[C@@H]1[C@@H]2CC(C=O)C[C@@H]21. The number of carbonyl (C=O) groups is 1. The fourth-order valence-corrected chi connectivity index (χ4v) is 4.02. The van der Waals surface area contributed by atoms with E-state index in [1.165, 1.54) is 5.69 Å². The van der Waals surface area contributed by atoms with Crippen LogP contribution in [0.2, 0.25) is 0 Å². The molecule has 4 heteroatoms. The van der Waals surface area contributed by atoms with Crippen LogP contribution < -0.4 is 0 Å². The quantitative estimate of drug-likeness (QED) is 0.624. The van der Waals surface area contributed by atoms with Gasteiger partial charge in [-0.3, -0.25) is 4.68 Å². The maximum atomic E-state index is 10.8. The van der Waals surface area contributed by atoms with Crippen molar-refractivity contribution in [3.63, 3.8) is 0 Å². The van der Waals surface area contributed by atoms with E-state index in [2.05, 4.69) is 52.3 Å². The summed E-state index contributed by atoms with van der Waals surface area (Å²) in [6, 6.07) is 2.65. The molecule has 0 spiro atoms. The molecule has 3 rings (SSSR count). The van der Waals surface area contributed by atoms with E-state index in [4.69, 9.17) is 0 Å². The van der Waals surface area contributed by atoms with Crippen molar-refractivity contribution in [1.82, 2.24) is 9.78 Å². The molecule has 1 aromatic heterocycles. The fraction of sp³-hybridized carbons (Fsp3) is 0.692. The number of fused-ring (bicyclic) bond motifs is 1. The highest BCUT2D eigenvalue weighted by Crippen LogP contribution is 2.64. The average molecular weight is 344 g/mol. The Morgan fingerprint density at radius 1 is 1.47 bits per heavy atom. The van der Waals surface area contributed by atoms with Gasteiger partial charge >= 0.3 is 0 Å². The predicted molar refractivity (Wildman–Crippen MR) is 73.8 cm³/mol. The van der Waals surface area contributed by atoms with Crippen LogP contribution in [-0.4, -0.2) is 16.1 Å². The molecular formula is C13H17IN2O. The van der Waals surface area contributed by atoms with E-state index in [0.717, 1.165) is 34.7 Å². The number of rotatable bonds is 3. The Morgan fingerprint density at radius 3 is 2.65 bits per heavy atom. The van der Waals surface area contributed by atoms with Crippen LogP contribution in [0.15, 0.2) is 6.07 Å². The van der Waals surface area contributed by atoms with E-state index < -0.39 is 0 Å². The highest BCUT2D eigenvalue weighted by molar-refractivity contribution is 14.1. The lowest BCUT2D eigenvalue weighted by atomic mass is 10.00. The van der Waals surface area contributed by atoms with Crippen LogP contribution in [0.5, 0.6) is 0 Å². The van der Waals surface area contributed by atoms with E-state index in [1.54, 1.807) is 0 Å². The van der Waals surface area contributed by atoms with Gasteiger partial charge in [-0.15, -0.1) is 0 Å². The maximum Gasteiger partial charge on any atom is 0.123 e. The molecule has 2 saturated carbocycles. The lowest BCUT2D eigenvalue weighted by molar-refractivity contribution is -0.111. The van der Waals surface area contributed by atoms with Gasteiger partial charge in [0.15, 0.2) is 0 Å². The molecule has 0 bridgehead atoms. The summed E-state index contributed by atoms with van der Waals surface area (Å²) >= 11 is 2.29. The number of aldehydes is 1. The Morgan fingerprint density at radius 2 is 2.12 bits per heavy atom. The van der Waals surface area contributed by atoms with Gasteiger partial charge in [-0.25, -0.2) is 0 Å². The largest absolute Gasteiger partial charge is 0.303 e. The van der Waals surface area contributed by atoms with Crippen LogP contribution in [0.3, 0.4) is 0 Å². The second kappa shape index (κ2) is 4.07. The molecule has 0 aromatic carbocycles. The molecule has 1 unspecified atom stereocenters. The van der Waals surface area contributed by atoms with Gasteiger partial charge in [0.1, 0.15) is 9.99 Å². The molecule has 1 aromatic rings. The van der Waals surface area contributed by atoms with Gasteiger partial charge < -0.3 is 4.79 Å². The Balaban J connectivity index is 1.82. The minimum absolute atomic E-state index is 0.329. The average Bonchev–Trinajstić information content (AvgIpc) is 2.66. The van der Waals surface area contributed by atoms with Crippen LogP contribution in [0, 0.1) is 21.5 Å². The highest BCUT2D eigenvalue weighted by atomic mass is 127. The van der Waals surface area contributed by atoms with E-state index in [0.29, 0.717) is 17.9 Å². The molecule has 2 aliphatic rings. The van der Waals surface area contributed by atoms with Gasteiger partial charge in [-0.05, 0) is 67.2 Å². The summed E-state index contributed by atoms with van der Waals surface area (Å²) in [5, 5.41) is 4.57. The summed E-state index contributed by atoms with van der Waals surface area (Å²) in [4.78, 5) is 10.8. The molecule has 0 aliphatic heterocycles. The van der Waals surface area contributed by atoms with Crippen molar-refractivity contribution in [2.45, 2.75) is 38.6 Å².